The van der Waals surface area contributed by atoms with Crippen LogP contribution in [0, 0.1) is 0 Å². The summed E-state index contributed by atoms with van der Waals surface area (Å²) in [7, 11) is 1.67. The van der Waals surface area contributed by atoms with Crippen LogP contribution in [-0.2, 0) is 0 Å². The summed E-state index contributed by atoms with van der Waals surface area (Å²) >= 11 is 9.22. The van der Waals surface area contributed by atoms with E-state index in [9.17, 15) is 0 Å². The summed E-state index contributed by atoms with van der Waals surface area (Å²) < 4.78 is 6.48. The molecule has 3 aromatic rings. The van der Waals surface area contributed by atoms with E-state index < -0.39 is 0 Å². The minimum Gasteiger partial charge on any atom is -0.496 e. The first-order valence-electron chi connectivity index (χ1n) is 5.85. The molecular weight excluding hydrogens is 312 g/mol. The van der Waals surface area contributed by atoms with Crippen LogP contribution in [0.4, 0.5) is 0 Å². The Morgan fingerprint density at radius 1 is 1.30 bits per heavy atom. The second-order valence-corrected chi connectivity index (χ2v) is 6.20. The SMILES string of the molecule is COc1ccc(SC)cc1-c1csc2cnc(Cl)nc12. The monoisotopic (exact) mass is 322 g/mol. The number of fused-ring (bicyclic) bond motifs is 1. The second-order valence-electron chi connectivity index (χ2n) is 4.07. The summed E-state index contributed by atoms with van der Waals surface area (Å²) in [5.41, 5.74) is 2.92. The van der Waals surface area contributed by atoms with E-state index >= 15 is 0 Å². The average molecular weight is 323 g/mol. The lowest BCUT2D eigenvalue weighted by molar-refractivity contribution is 0.416. The van der Waals surface area contributed by atoms with E-state index in [1.807, 2.05) is 12.1 Å². The number of halogens is 1. The summed E-state index contributed by atoms with van der Waals surface area (Å²) in [5.74, 6) is 0.831. The Hall–Kier alpha value is -1.30. The minimum atomic E-state index is 0.261. The summed E-state index contributed by atoms with van der Waals surface area (Å²) in [4.78, 5) is 9.55. The summed E-state index contributed by atoms with van der Waals surface area (Å²) in [6, 6.07) is 6.14. The third-order valence-corrected chi connectivity index (χ3v) is 4.80. The Balaban J connectivity index is 2.26. The van der Waals surface area contributed by atoms with Gasteiger partial charge in [0, 0.05) is 27.6 Å². The van der Waals surface area contributed by atoms with Gasteiger partial charge in [-0.2, -0.15) is 0 Å². The van der Waals surface area contributed by atoms with Crippen molar-refractivity contribution in [2.24, 2.45) is 0 Å². The normalized spacial score (nSPS) is 10.9. The summed E-state index contributed by atoms with van der Waals surface area (Å²) in [6.45, 7) is 0. The molecule has 102 valence electrons. The van der Waals surface area contributed by atoms with Gasteiger partial charge in [0.25, 0.3) is 0 Å². The van der Waals surface area contributed by atoms with Gasteiger partial charge in [-0.1, -0.05) is 0 Å². The lowest BCUT2D eigenvalue weighted by Gasteiger charge is -2.09. The fraction of sp³-hybridized carbons (Fsp3) is 0.143. The molecule has 1 aromatic carbocycles. The number of rotatable bonds is 3. The quantitative estimate of drug-likeness (QED) is 0.515. The van der Waals surface area contributed by atoms with Gasteiger partial charge in [0.05, 0.1) is 17.3 Å². The van der Waals surface area contributed by atoms with Crippen LogP contribution in [0.3, 0.4) is 0 Å². The van der Waals surface area contributed by atoms with Crippen molar-refractivity contribution in [2.75, 3.05) is 13.4 Å². The third-order valence-electron chi connectivity index (χ3n) is 2.98. The molecule has 2 heterocycles. The lowest BCUT2D eigenvalue weighted by Crippen LogP contribution is -1.89. The average Bonchev–Trinajstić information content (AvgIpc) is 2.89. The number of hydrogen-bond donors (Lipinski definition) is 0. The number of nitrogens with zero attached hydrogens (tertiary/aromatic N) is 2. The van der Waals surface area contributed by atoms with E-state index in [1.165, 1.54) is 4.90 Å². The first kappa shape index (κ1) is 13.7. The Kier molecular flexibility index (Phi) is 3.83. The maximum atomic E-state index is 5.91. The third kappa shape index (κ3) is 2.37. The smallest absolute Gasteiger partial charge is 0.222 e. The van der Waals surface area contributed by atoms with Gasteiger partial charge in [0.1, 0.15) is 5.75 Å². The van der Waals surface area contributed by atoms with Crippen LogP contribution in [0.1, 0.15) is 0 Å². The van der Waals surface area contributed by atoms with E-state index in [0.717, 1.165) is 27.1 Å². The molecular formula is C14H11ClN2OS2. The predicted octanol–water partition coefficient (Wildman–Crippen LogP) is 4.74. The number of ether oxygens (including phenoxy) is 1. The van der Waals surface area contributed by atoms with Crippen LogP contribution < -0.4 is 4.74 Å². The first-order valence-corrected chi connectivity index (χ1v) is 8.33. The number of methoxy groups -OCH3 is 1. The largest absolute Gasteiger partial charge is 0.496 e. The number of hydrogen-bond acceptors (Lipinski definition) is 5. The highest BCUT2D eigenvalue weighted by Crippen LogP contribution is 2.39. The predicted molar refractivity (Wildman–Crippen MR) is 86.2 cm³/mol. The van der Waals surface area contributed by atoms with Crippen molar-refractivity contribution in [2.45, 2.75) is 4.90 Å². The van der Waals surface area contributed by atoms with Gasteiger partial charge in [0.15, 0.2) is 0 Å². The van der Waals surface area contributed by atoms with E-state index in [0.29, 0.717) is 0 Å². The zero-order chi connectivity index (χ0) is 14.1. The fourth-order valence-corrected chi connectivity index (χ4v) is 3.46. The van der Waals surface area contributed by atoms with Gasteiger partial charge in [-0.15, -0.1) is 23.1 Å². The molecule has 0 unspecified atom stereocenters. The number of aromatic nitrogens is 2. The Morgan fingerprint density at radius 2 is 2.15 bits per heavy atom. The number of thiophene rings is 1. The molecule has 0 aliphatic heterocycles. The van der Waals surface area contributed by atoms with Crippen molar-refractivity contribution in [3.05, 3.63) is 35.1 Å². The molecule has 0 bridgehead atoms. The van der Waals surface area contributed by atoms with Crippen molar-refractivity contribution in [1.29, 1.82) is 0 Å². The van der Waals surface area contributed by atoms with Crippen LogP contribution >= 0.6 is 34.7 Å². The summed E-state index contributed by atoms with van der Waals surface area (Å²) in [5, 5.41) is 2.33. The van der Waals surface area contributed by atoms with Gasteiger partial charge in [-0.3, -0.25) is 0 Å². The standard InChI is InChI=1S/C14H11ClN2OS2/c1-18-11-4-3-8(19-2)5-9(11)10-7-20-12-6-16-14(15)17-13(10)12/h3-7H,1-2H3. The van der Waals surface area contributed by atoms with Crippen molar-refractivity contribution < 1.29 is 4.74 Å². The van der Waals surface area contributed by atoms with Crippen LogP contribution in [0.15, 0.2) is 34.7 Å². The van der Waals surface area contributed by atoms with Gasteiger partial charge in [-0.05, 0) is 36.1 Å². The molecule has 0 N–H and O–H groups in total. The first-order chi connectivity index (χ1) is 9.72. The summed E-state index contributed by atoms with van der Waals surface area (Å²) in [6.07, 6.45) is 3.81. The molecule has 0 spiro atoms. The molecule has 3 nitrogen and oxygen atoms in total. The molecule has 20 heavy (non-hydrogen) atoms. The Bertz CT molecular complexity index is 773. The van der Waals surface area contributed by atoms with E-state index in [2.05, 4.69) is 27.7 Å². The molecule has 6 heteroatoms. The van der Waals surface area contributed by atoms with Crippen LogP contribution in [0.2, 0.25) is 5.28 Å². The number of benzene rings is 1. The van der Waals surface area contributed by atoms with Crippen molar-refractivity contribution in [3.63, 3.8) is 0 Å². The van der Waals surface area contributed by atoms with Crippen LogP contribution in [0.5, 0.6) is 5.75 Å². The topological polar surface area (TPSA) is 35.0 Å². The van der Waals surface area contributed by atoms with Crippen molar-refractivity contribution >= 4 is 44.9 Å². The van der Waals surface area contributed by atoms with Crippen LogP contribution in [0.25, 0.3) is 21.3 Å². The van der Waals surface area contributed by atoms with E-state index in [1.54, 1.807) is 36.4 Å². The highest BCUT2D eigenvalue weighted by atomic mass is 35.5. The van der Waals surface area contributed by atoms with E-state index in [-0.39, 0.29) is 5.28 Å². The van der Waals surface area contributed by atoms with Crippen LogP contribution in [-0.4, -0.2) is 23.3 Å². The molecule has 0 aliphatic carbocycles. The lowest BCUT2D eigenvalue weighted by atomic mass is 10.1. The highest BCUT2D eigenvalue weighted by Gasteiger charge is 2.14. The van der Waals surface area contributed by atoms with Gasteiger partial charge in [0.2, 0.25) is 5.28 Å². The molecule has 0 atom stereocenters. The van der Waals surface area contributed by atoms with Crippen molar-refractivity contribution in [3.8, 4) is 16.9 Å². The van der Waals surface area contributed by atoms with Gasteiger partial charge >= 0.3 is 0 Å². The fourth-order valence-electron chi connectivity index (χ4n) is 2.02. The molecule has 2 aromatic heterocycles. The minimum absolute atomic E-state index is 0.261. The Morgan fingerprint density at radius 3 is 2.90 bits per heavy atom. The van der Waals surface area contributed by atoms with E-state index in [4.69, 9.17) is 16.3 Å². The zero-order valence-corrected chi connectivity index (χ0v) is 13.3. The molecule has 0 fully saturated rings. The van der Waals surface area contributed by atoms with Gasteiger partial charge in [-0.25, -0.2) is 9.97 Å². The molecule has 0 amide bonds. The molecule has 0 saturated heterocycles. The second kappa shape index (κ2) is 5.60. The zero-order valence-electron chi connectivity index (χ0n) is 10.9. The van der Waals surface area contributed by atoms with Gasteiger partial charge < -0.3 is 4.74 Å². The number of thioether (sulfide) groups is 1. The Labute approximate surface area is 130 Å². The maximum Gasteiger partial charge on any atom is 0.222 e. The highest BCUT2D eigenvalue weighted by molar-refractivity contribution is 7.98. The van der Waals surface area contributed by atoms with Crippen molar-refractivity contribution in [1.82, 2.24) is 9.97 Å². The molecule has 0 saturated carbocycles. The molecule has 3 rings (SSSR count). The maximum absolute atomic E-state index is 5.91. The molecule has 0 radical (unpaired) electrons. The molecule has 0 aliphatic rings.